The number of aryl methyl sites for hydroxylation is 1. The number of nitrogens with zero attached hydrogens (tertiary/aromatic N) is 4. The maximum Gasteiger partial charge on any atom is 0.223 e. The topological polar surface area (TPSA) is 94.2 Å². The lowest BCUT2D eigenvalue weighted by Crippen LogP contribution is -2.40. The van der Waals surface area contributed by atoms with Gasteiger partial charge in [-0.05, 0) is 13.8 Å². The predicted octanol–water partition coefficient (Wildman–Crippen LogP) is 2.58. The Labute approximate surface area is 162 Å². The number of Topliss-reactive ketones (excluding diaryl/α,β-unsaturated/α-hetero) is 1. The number of hydrogen-bond donors (Lipinski definition) is 1. The Morgan fingerprint density at radius 1 is 1.44 bits per heavy atom. The molecule has 3 heterocycles. The largest absolute Gasteiger partial charge is 0.496 e. The molecule has 0 fully saturated rings. The second-order valence-corrected chi connectivity index (χ2v) is 6.83. The first-order valence-electron chi connectivity index (χ1n) is 8.42. The normalized spacial score (nSPS) is 16.0. The van der Waals surface area contributed by atoms with E-state index in [1.807, 2.05) is 18.7 Å². The molecule has 2 aromatic rings. The van der Waals surface area contributed by atoms with Crippen molar-refractivity contribution in [2.24, 2.45) is 5.92 Å². The molecule has 2 aromatic heterocycles. The molecule has 0 aromatic carbocycles. The average molecular weight is 386 g/mol. The van der Waals surface area contributed by atoms with Crippen LogP contribution in [0.3, 0.4) is 0 Å². The van der Waals surface area contributed by atoms with Crippen molar-refractivity contribution in [3.8, 4) is 18.1 Å². The van der Waals surface area contributed by atoms with Crippen LogP contribution in [0.25, 0.3) is 0 Å². The highest BCUT2D eigenvalue weighted by atomic mass is 35.5. The molecular weight excluding hydrogens is 366 g/mol. The van der Waals surface area contributed by atoms with Crippen molar-refractivity contribution in [1.82, 2.24) is 15.0 Å². The lowest BCUT2D eigenvalue weighted by molar-refractivity contribution is 0.0916. The van der Waals surface area contributed by atoms with Crippen LogP contribution in [0.2, 0.25) is 5.15 Å². The van der Waals surface area contributed by atoms with Gasteiger partial charge in [0.2, 0.25) is 5.95 Å². The first kappa shape index (κ1) is 18.9. The summed E-state index contributed by atoms with van der Waals surface area (Å²) in [6.07, 6.45) is 7.51. The molecule has 0 aliphatic carbocycles. The summed E-state index contributed by atoms with van der Waals surface area (Å²) in [7, 11) is 1.63. The fourth-order valence-electron chi connectivity index (χ4n) is 3.37. The number of terminal acetylenes is 1. The number of halogens is 1. The number of nitrogens with two attached hydrogens (primary N) is 1. The summed E-state index contributed by atoms with van der Waals surface area (Å²) in [5.74, 6) is 3.22. The number of carbonyl (C=O) groups excluding carboxylic acids is 1. The molecule has 2 N–H and O–H groups in total. The zero-order valence-corrected chi connectivity index (χ0v) is 16.2. The van der Waals surface area contributed by atoms with Crippen molar-refractivity contribution in [2.45, 2.75) is 26.8 Å². The number of fused-ring (bicyclic) bond motifs is 1. The minimum absolute atomic E-state index is 0.0121. The Hall–Kier alpha value is -2.85. The second kappa shape index (κ2) is 7.41. The van der Waals surface area contributed by atoms with E-state index in [0.717, 1.165) is 22.6 Å². The van der Waals surface area contributed by atoms with Gasteiger partial charge in [0, 0.05) is 30.3 Å². The van der Waals surface area contributed by atoms with Gasteiger partial charge in [0.15, 0.2) is 5.78 Å². The molecular formula is C19H20ClN5O2. The Morgan fingerprint density at radius 3 is 2.85 bits per heavy atom. The summed E-state index contributed by atoms with van der Waals surface area (Å²) in [5.41, 5.74) is 8.71. The highest BCUT2D eigenvalue weighted by Crippen LogP contribution is 2.35. The van der Waals surface area contributed by atoms with Gasteiger partial charge in [0.25, 0.3) is 0 Å². The van der Waals surface area contributed by atoms with Gasteiger partial charge in [-0.15, -0.1) is 12.3 Å². The van der Waals surface area contributed by atoms with Crippen LogP contribution in [-0.4, -0.2) is 34.4 Å². The first-order chi connectivity index (χ1) is 12.9. The molecule has 7 nitrogen and oxygen atoms in total. The molecule has 0 saturated carbocycles. The summed E-state index contributed by atoms with van der Waals surface area (Å²) in [4.78, 5) is 27.4. The SMILES string of the molecule is C#CCC1CN(Cc2ncc(C)c(OC)c2C)c2nc(N)nc(Cl)c2C1=O. The minimum atomic E-state index is -0.389. The Morgan fingerprint density at radius 2 is 2.19 bits per heavy atom. The van der Waals surface area contributed by atoms with Crippen molar-refractivity contribution in [3.63, 3.8) is 0 Å². The number of ether oxygens (including phenoxy) is 1. The number of rotatable bonds is 4. The van der Waals surface area contributed by atoms with Crippen LogP contribution in [0.4, 0.5) is 11.8 Å². The summed E-state index contributed by atoms with van der Waals surface area (Å²) < 4.78 is 5.48. The van der Waals surface area contributed by atoms with E-state index in [-0.39, 0.29) is 28.4 Å². The van der Waals surface area contributed by atoms with E-state index in [1.165, 1.54) is 0 Å². The Balaban J connectivity index is 2.07. The number of aromatic nitrogens is 3. The van der Waals surface area contributed by atoms with Crippen molar-refractivity contribution < 1.29 is 9.53 Å². The van der Waals surface area contributed by atoms with Gasteiger partial charge in [0.1, 0.15) is 16.7 Å². The van der Waals surface area contributed by atoms with Crippen LogP contribution in [0.5, 0.6) is 5.75 Å². The van der Waals surface area contributed by atoms with Crippen LogP contribution < -0.4 is 15.4 Å². The Kier molecular flexibility index (Phi) is 5.19. The molecule has 27 heavy (non-hydrogen) atoms. The van der Waals surface area contributed by atoms with Gasteiger partial charge in [-0.1, -0.05) is 11.6 Å². The van der Waals surface area contributed by atoms with E-state index in [2.05, 4.69) is 20.9 Å². The molecule has 8 heteroatoms. The highest BCUT2D eigenvalue weighted by molar-refractivity contribution is 6.34. The maximum absolute atomic E-state index is 12.8. The van der Waals surface area contributed by atoms with Crippen LogP contribution in [-0.2, 0) is 6.54 Å². The zero-order chi connectivity index (χ0) is 19.7. The number of methoxy groups -OCH3 is 1. The van der Waals surface area contributed by atoms with E-state index in [0.29, 0.717) is 25.3 Å². The number of anilines is 2. The van der Waals surface area contributed by atoms with E-state index in [4.69, 9.17) is 28.5 Å². The minimum Gasteiger partial charge on any atom is -0.496 e. The van der Waals surface area contributed by atoms with Crippen LogP contribution in [0.15, 0.2) is 6.20 Å². The molecule has 1 unspecified atom stereocenters. The summed E-state index contributed by atoms with van der Waals surface area (Å²) in [5, 5.41) is 0.0420. The number of hydrogen-bond acceptors (Lipinski definition) is 7. The molecule has 140 valence electrons. The molecule has 0 spiro atoms. The summed E-state index contributed by atoms with van der Waals surface area (Å²) >= 11 is 6.21. The summed E-state index contributed by atoms with van der Waals surface area (Å²) in [6.45, 7) is 4.70. The van der Waals surface area contributed by atoms with Gasteiger partial charge in [0.05, 0.1) is 30.8 Å². The van der Waals surface area contributed by atoms with Crippen molar-refractivity contribution in [3.05, 3.63) is 33.7 Å². The van der Waals surface area contributed by atoms with Gasteiger partial charge >= 0.3 is 0 Å². The van der Waals surface area contributed by atoms with E-state index in [1.54, 1.807) is 13.3 Å². The monoisotopic (exact) mass is 385 g/mol. The van der Waals surface area contributed by atoms with E-state index in [9.17, 15) is 4.79 Å². The zero-order valence-electron chi connectivity index (χ0n) is 15.4. The van der Waals surface area contributed by atoms with Gasteiger partial charge in [-0.2, -0.15) is 4.98 Å². The number of nitrogen functional groups attached to an aromatic ring is 1. The van der Waals surface area contributed by atoms with Gasteiger partial charge in [-0.25, -0.2) is 4.98 Å². The fraction of sp³-hybridized carbons (Fsp3) is 0.368. The smallest absolute Gasteiger partial charge is 0.223 e. The van der Waals surface area contributed by atoms with E-state index < -0.39 is 0 Å². The van der Waals surface area contributed by atoms with Crippen molar-refractivity contribution >= 4 is 29.2 Å². The highest BCUT2D eigenvalue weighted by Gasteiger charge is 2.35. The average Bonchev–Trinajstić information content (AvgIpc) is 2.61. The third-order valence-corrected chi connectivity index (χ3v) is 4.95. The lowest BCUT2D eigenvalue weighted by atomic mass is 9.91. The molecule has 0 bridgehead atoms. The fourth-order valence-corrected chi connectivity index (χ4v) is 3.63. The maximum atomic E-state index is 12.8. The quantitative estimate of drug-likeness (QED) is 0.638. The van der Waals surface area contributed by atoms with Gasteiger partial charge in [-0.3, -0.25) is 9.78 Å². The number of pyridine rings is 1. The number of ketones is 1. The molecule has 1 aliphatic rings. The molecule has 3 rings (SSSR count). The van der Waals surface area contributed by atoms with Crippen LogP contribution >= 0.6 is 11.6 Å². The summed E-state index contributed by atoms with van der Waals surface area (Å²) in [6, 6.07) is 0. The Bertz CT molecular complexity index is 954. The van der Waals surface area contributed by atoms with E-state index >= 15 is 0 Å². The number of carbonyl (C=O) groups is 1. The van der Waals surface area contributed by atoms with Crippen LogP contribution in [0, 0.1) is 32.1 Å². The molecule has 1 atom stereocenters. The van der Waals surface area contributed by atoms with Gasteiger partial charge < -0.3 is 15.4 Å². The molecule has 1 aliphatic heterocycles. The third-order valence-electron chi connectivity index (χ3n) is 4.68. The first-order valence-corrected chi connectivity index (χ1v) is 8.79. The molecule has 0 saturated heterocycles. The molecule has 0 amide bonds. The van der Waals surface area contributed by atoms with Crippen molar-refractivity contribution in [2.75, 3.05) is 24.3 Å². The standard InChI is InChI=1S/C19H20ClN5O2/c1-5-6-12-8-25(9-13-11(3)16(27-4)10(2)7-22-13)18-14(15(12)26)17(20)23-19(21)24-18/h1,7,12H,6,8-9H2,2-4H3,(H2,21,23,24). The second-order valence-electron chi connectivity index (χ2n) is 6.47. The van der Waals surface area contributed by atoms with Crippen LogP contribution in [0.1, 0.15) is 33.6 Å². The third kappa shape index (κ3) is 3.40. The van der Waals surface area contributed by atoms with Crippen molar-refractivity contribution in [1.29, 1.82) is 0 Å². The molecule has 0 radical (unpaired) electrons. The predicted molar refractivity (Wildman–Crippen MR) is 104 cm³/mol. The lowest BCUT2D eigenvalue weighted by Gasteiger charge is -2.34.